The van der Waals surface area contributed by atoms with E-state index in [9.17, 15) is 10.0 Å². The molecule has 0 spiro atoms. The molecule has 11 heteroatoms. The Balaban J connectivity index is 0.000000225. The number of benzene rings is 2. The molecule has 0 radical (unpaired) electrons. The number of hydrogen-bond acceptors (Lipinski definition) is 6. The highest BCUT2D eigenvalue weighted by Gasteiger charge is 2.33. The topological polar surface area (TPSA) is 95.8 Å². The quantitative estimate of drug-likeness (QED) is 0.277. The third-order valence-electron chi connectivity index (χ3n) is 8.04. The van der Waals surface area contributed by atoms with Gasteiger partial charge in [0.25, 0.3) is 0 Å². The van der Waals surface area contributed by atoms with Crippen LogP contribution in [0.3, 0.4) is 0 Å². The molecule has 0 saturated carbocycles. The summed E-state index contributed by atoms with van der Waals surface area (Å²) in [6, 6.07) is 15.0. The molecule has 3 aromatic rings. The molecule has 1 atom stereocenters. The second-order valence-electron chi connectivity index (χ2n) is 10.7. The van der Waals surface area contributed by atoms with Crippen molar-refractivity contribution in [3.8, 4) is 0 Å². The van der Waals surface area contributed by atoms with Crippen LogP contribution in [0.15, 0.2) is 53.5 Å². The van der Waals surface area contributed by atoms with Gasteiger partial charge >= 0.3 is 0 Å². The Morgan fingerprint density at radius 3 is 2.56 bits per heavy atom. The van der Waals surface area contributed by atoms with Crippen LogP contribution in [0.1, 0.15) is 51.8 Å². The van der Waals surface area contributed by atoms with Crippen molar-refractivity contribution in [3.63, 3.8) is 0 Å². The van der Waals surface area contributed by atoms with Crippen LogP contribution in [0.4, 0.5) is 5.69 Å². The lowest BCUT2D eigenvalue weighted by atomic mass is 9.83. The molecule has 8 nitrogen and oxygen atoms in total. The summed E-state index contributed by atoms with van der Waals surface area (Å²) in [5, 5.41) is 16.1. The van der Waals surface area contributed by atoms with Gasteiger partial charge in [0.2, 0.25) is 12.3 Å². The molecule has 2 aromatic carbocycles. The second-order valence-corrected chi connectivity index (χ2v) is 11.1. The Morgan fingerprint density at radius 1 is 1.16 bits per heavy atom. The lowest BCUT2D eigenvalue weighted by Gasteiger charge is -2.31. The predicted octanol–water partition coefficient (Wildman–Crippen LogP) is 5.76. The maximum Gasteiger partial charge on any atom is 0.228 e. The summed E-state index contributed by atoms with van der Waals surface area (Å²) in [5.41, 5.74) is 7.51. The summed E-state index contributed by atoms with van der Waals surface area (Å²) in [4.78, 5) is 23.1. The Kier molecular flexibility index (Phi) is 12.7. The first kappa shape index (κ1) is 34.6. The van der Waals surface area contributed by atoms with Gasteiger partial charge in [0.15, 0.2) is 11.6 Å². The average Bonchev–Trinajstić information content (AvgIpc) is 3.24. The zero-order chi connectivity index (χ0) is 28.9. The summed E-state index contributed by atoms with van der Waals surface area (Å²) in [6.07, 6.45) is 2.93. The van der Waals surface area contributed by atoms with Crippen molar-refractivity contribution in [2.24, 2.45) is 10.9 Å². The van der Waals surface area contributed by atoms with E-state index in [0.717, 1.165) is 79.2 Å². The number of aryl methyl sites for hydroxylation is 2. The summed E-state index contributed by atoms with van der Waals surface area (Å²) < 4.78 is 6.33. The molecule has 3 aliphatic rings. The van der Waals surface area contributed by atoms with Crippen molar-refractivity contribution in [3.05, 3.63) is 92.4 Å². The first-order valence-electron chi connectivity index (χ1n) is 14.4. The minimum absolute atomic E-state index is 0. The molecule has 3 heterocycles. The number of amidine groups is 1. The molecule has 1 aromatic heterocycles. The number of carbonyl (C=O) groups excluding carboxylic acids is 1. The Labute approximate surface area is 271 Å². The highest BCUT2D eigenvalue weighted by molar-refractivity contribution is 6.31. The number of carbonyl (C=O) groups is 1. The highest BCUT2D eigenvalue weighted by atomic mass is 35.5. The van der Waals surface area contributed by atoms with Gasteiger partial charge in [0, 0.05) is 60.1 Å². The van der Waals surface area contributed by atoms with Crippen LogP contribution < -0.4 is 5.32 Å². The van der Waals surface area contributed by atoms with Gasteiger partial charge in [-0.1, -0.05) is 36.7 Å². The number of aromatic nitrogens is 1. The fourth-order valence-electron chi connectivity index (χ4n) is 5.94. The van der Waals surface area contributed by atoms with Crippen molar-refractivity contribution < 1.29 is 14.3 Å². The number of nitrogens with one attached hydrogen (secondary N) is 2. The van der Waals surface area contributed by atoms with Gasteiger partial charge in [-0.05, 0) is 62.1 Å². The number of H-pyrrole nitrogens is 1. The maximum atomic E-state index is 12.8. The fourth-order valence-corrected chi connectivity index (χ4v) is 6.11. The first-order valence-corrected chi connectivity index (χ1v) is 14.7. The van der Waals surface area contributed by atoms with Crippen molar-refractivity contribution >= 4 is 59.4 Å². The SMILES string of the molecule is CCc1c(C)[nH]c2c1C(=O)C(CN1CCOCC1)CC2.CNC1=Nc2ccc(Cl)cc2C(c2ccccc2)=[N+]([O-])C1.Cl.Cl. The number of likely N-dealkylation sites (N-methyl/N-ethyl adjacent to an activating group) is 1. The third-order valence-corrected chi connectivity index (χ3v) is 8.27. The van der Waals surface area contributed by atoms with Crippen LogP contribution in [0.25, 0.3) is 0 Å². The van der Waals surface area contributed by atoms with E-state index in [1.807, 2.05) is 36.4 Å². The molecule has 2 aliphatic heterocycles. The van der Waals surface area contributed by atoms with E-state index >= 15 is 0 Å². The van der Waals surface area contributed by atoms with Crippen molar-refractivity contribution in [2.75, 3.05) is 46.4 Å². The zero-order valence-corrected chi connectivity index (χ0v) is 27.2. The number of halogens is 3. The number of hydrogen-bond donors (Lipinski definition) is 2. The number of morpholine rings is 1. The molecular formula is C32H40Cl3N5O3. The molecule has 0 bridgehead atoms. The van der Waals surface area contributed by atoms with Gasteiger partial charge in [-0.2, -0.15) is 4.74 Å². The number of ketones is 1. The van der Waals surface area contributed by atoms with Crippen LogP contribution in [-0.4, -0.2) is 78.4 Å². The molecule has 1 fully saturated rings. The second kappa shape index (κ2) is 15.7. The number of Topliss-reactive ketones (excluding diaryl/α,β-unsaturated/α-hetero) is 1. The number of hydroxylamine groups is 1. The minimum atomic E-state index is 0. The van der Waals surface area contributed by atoms with E-state index in [4.69, 9.17) is 16.3 Å². The lowest BCUT2D eigenvalue weighted by Crippen LogP contribution is -2.42. The average molecular weight is 649 g/mol. The number of ether oxygens (including phenoxy) is 1. The van der Waals surface area contributed by atoms with E-state index in [-0.39, 0.29) is 37.3 Å². The lowest BCUT2D eigenvalue weighted by molar-refractivity contribution is -0.439. The molecular weight excluding hydrogens is 609 g/mol. The van der Waals surface area contributed by atoms with Gasteiger partial charge < -0.3 is 20.2 Å². The van der Waals surface area contributed by atoms with Gasteiger partial charge in [-0.15, -0.1) is 24.8 Å². The standard InChI is InChI=1S/C16H14ClN3O.C16H24N2O2.2ClH/c1-18-15-10-20(21)16(11-5-3-2-4-6-11)13-9-12(17)7-8-14(13)19-15;1-3-13-11(2)17-14-5-4-12(16(19)15(13)14)10-18-6-8-20-9-7-18;;/h2-9H,10H2,1H3,(H,18,19);12,17H,3-10H2,1-2H3;2*1H. The third kappa shape index (κ3) is 7.80. The minimum Gasteiger partial charge on any atom is -0.623 e. The molecule has 232 valence electrons. The molecule has 1 unspecified atom stereocenters. The molecule has 0 amide bonds. The predicted molar refractivity (Wildman–Crippen MR) is 179 cm³/mol. The molecule has 6 rings (SSSR count). The molecule has 43 heavy (non-hydrogen) atoms. The smallest absolute Gasteiger partial charge is 0.228 e. The molecule has 2 N–H and O–H groups in total. The normalized spacial score (nSPS) is 18.1. The van der Waals surface area contributed by atoms with E-state index in [0.29, 0.717) is 22.4 Å². The van der Waals surface area contributed by atoms with Crippen molar-refractivity contribution in [1.82, 2.24) is 15.2 Å². The van der Waals surface area contributed by atoms with Crippen molar-refractivity contribution in [2.45, 2.75) is 33.1 Å². The fraction of sp³-hybridized carbons (Fsp3) is 0.406. The summed E-state index contributed by atoms with van der Waals surface area (Å²) in [5.74, 6) is 1.15. The summed E-state index contributed by atoms with van der Waals surface area (Å²) in [7, 11) is 1.76. The van der Waals surface area contributed by atoms with Crippen molar-refractivity contribution in [1.29, 1.82) is 0 Å². The highest BCUT2D eigenvalue weighted by Crippen LogP contribution is 2.31. The van der Waals surface area contributed by atoms with Crippen LogP contribution in [-0.2, 0) is 17.6 Å². The zero-order valence-electron chi connectivity index (χ0n) is 24.8. The van der Waals surface area contributed by atoms with Crippen LogP contribution in [0.2, 0.25) is 5.02 Å². The maximum absolute atomic E-state index is 12.8. The monoisotopic (exact) mass is 647 g/mol. The number of fused-ring (bicyclic) bond motifs is 2. The Hall–Kier alpha value is -2.88. The molecule has 1 saturated heterocycles. The number of nitrogens with zero attached hydrogens (tertiary/aromatic N) is 3. The number of aliphatic imine (C=N–C) groups is 1. The van der Waals surface area contributed by atoms with E-state index in [1.165, 1.54) is 17.0 Å². The largest absolute Gasteiger partial charge is 0.623 e. The summed E-state index contributed by atoms with van der Waals surface area (Å²) >= 11 is 6.10. The Morgan fingerprint density at radius 2 is 1.88 bits per heavy atom. The number of aromatic amines is 1. The van der Waals surface area contributed by atoms with Crippen LogP contribution in [0.5, 0.6) is 0 Å². The summed E-state index contributed by atoms with van der Waals surface area (Å²) in [6.45, 7) is 8.82. The van der Waals surface area contributed by atoms with Crippen LogP contribution in [0, 0.1) is 18.0 Å². The van der Waals surface area contributed by atoms with E-state index < -0.39 is 0 Å². The van der Waals surface area contributed by atoms with Gasteiger partial charge in [-0.25, -0.2) is 4.99 Å². The van der Waals surface area contributed by atoms with E-state index in [2.05, 4.69) is 34.0 Å². The van der Waals surface area contributed by atoms with E-state index in [1.54, 1.807) is 19.2 Å². The molecule has 1 aliphatic carbocycles. The van der Waals surface area contributed by atoms with Crippen LogP contribution >= 0.6 is 36.4 Å². The van der Waals surface area contributed by atoms with Gasteiger partial charge in [0.1, 0.15) is 0 Å². The van der Waals surface area contributed by atoms with Gasteiger partial charge in [0.05, 0.1) is 24.5 Å². The first-order chi connectivity index (χ1) is 19.9. The Bertz CT molecular complexity index is 1470. The number of rotatable bonds is 4. The van der Waals surface area contributed by atoms with Gasteiger partial charge in [-0.3, -0.25) is 9.69 Å².